The van der Waals surface area contributed by atoms with Crippen molar-refractivity contribution in [3.05, 3.63) is 30.4 Å². The molecule has 0 saturated carbocycles. The lowest BCUT2D eigenvalue weighted by Crippen LogP contribution is -2.45. The Morgan fingerprint density at radius 2 is 2.05 bits per heavy atom. The summed E-state index contributed by atoms with van der Waals surface area (Å²) in [6, 6.07) is 3.99. The van der Waals surface area contributed by atoms with Crippen LogP contribution in [0.25, 0.3) is 11.5 Å². The molecule has 20 heavy (non-hydrogen) atoms. The van der Waals surface area contributed by atoms with E-state index in [4.69, 9.17) is 4.52 Å². The molecule has 6 heteroatoms. The molecule has 1 N–H and O–H groups in total. The van der Waals surface area contributed by atoms with Crippen LogP contribution in [0, 0.1) is 0 Å². The summed E-state index contributed by atoms with van der Waals surface area (Å²) < 4.78 is 5.39. The smallest absolute Gasteiger partial charge is 0.258 e. The molecule has 6 nitrogen and oxygen atoms in total. The van der Waals surface area contributed by atoms with Gasteiger partial charge < -0.3 is 9.84 Å². The maximum absolute atomic E-state index is 5.39. The first-order chi connectivity index (χ1) is 9.88. The van der Waals surface area contributed by atoms with Gasteiger partial charge in [-0.05, 0) is 18.6 Å². The number of rotatable bonds is 4. The van der Waals surface area contributed by atoms with Crippen LogP contribution >= 0.6 is 0 Å². The maximum Gasteiger partial charge on any atom is 0.258 e. The molecule has 1 fully saturated rings. The number of pyridine rings is 1. The second-order valence-electron chi connectivity index (χ2n) is 4.90. The molecule has 106 valence electrons. The largest absolute Gasteiger partial charge is 0.334 e. The van der Waals surface area contributed by atoms with Crippen LogP contribution in [0.2, 0.25) is 0 Å². The maximum atomic E-state index is 5.39. The number of piperazine rings is 1. The van der Waals surface area contributed by atoms with Gasteiger partial charge in [-0.1, -0.05) is 12.1 Å². The van der Waals surface area contributed by atoms with E-state index < -0.39 is 0 Å². The van der Waals surface area contributed by atoms with E-state index in [9.17, 15) is 0 Å². The Morgan fingerprint density at radius 3 is 2.75 bits per heavy atom. The zero-order valence-corrected chi connectivity index (χ0v) is 11.6. The van der Waals surface area contributed by atoms with E-state index in [-0.39, 0.29) is 6.04 Å². The van der Waals surface area contributed by atoms with Crippen LogP contribution < -0.4 is 5.32 Å². The van der Waals surface area contributed by atoms with Gasteiger partial charge in [0.2, 0.25) is 0 Å². The van der Waals surface area contributed by atoms with Gasteiger partial charge in [-0.15, -0.1) is 0 Å². The molecule has 3 heterocycles. The van der Waals surface area contributed by atoms with Crippen molar-refractivity contribution in [3.8, 4) is 11.5 Å². The van der Waals surface area contributed by atoms with Crippen molar-refractivity contribution in [2.24, 2.45) is 0 Å². The second-order valence-corrected chi connectivity index (χ2v) is 4.90. The number of hydrogen-bond donors (Lipinski definition) is 1. The molecule has 1 saturated heterocycles. The third-order valence-electron chi connectivity index (χ3n) is 3.65. The SMILES string of the molecule is CCC(c1noc(-c2ccncc2)n1)N1CCNCC1. The van der Waals surface area contributed by atoms with Crippen LogP contribution in [-0.4, -0.2) is 46.2 Å². The standard InChI is InChI=1S/C14H19N5O/c1-2-12(19-9-7-16-8-10-19)13-17-14(20-18-13)11-3-5-15-6-4-11/h3-6,12,16H,2,7-10H2,1H3. The first-order valence-corrected chi connectivity index (χ1v) is 7.07. The first-order valence-electron chi connectivity index (χ1n) is 7.07. The zero-order chi connectivity index (χ0) is 13.8. The van der Waals surface area contributed by atoms with Gasteiger partial charge >= 0.3 is 0 Å². The number of nitrogens with one attached hydrogen (secondary N) is 1. The Hall–Kier alpha value is -1.79. The summed E-state index contributed by atoms with van der Waals surface area (Å²) in [5.41, 5.74) is 0.911. The van der Waals surface area contributed by atoms with E-state index in [0.29, 0.717) is 5.89 Å². The van der Waals surface area contributed by atoms with Gasteiger partial charge in [-0.25, -0.2) is 0 Å². The fourth-order valence-corrected chi connectivity index (χ4v) is 2.58. The van der Waals surface area contributed by atoms with E-state index >= 15 is 0 Å². The monoisotopic (exact) mass is 273 g/mol. The minimum atomic E-state index is 0.233. The van der Waals surface area contributed by atoms with E-state index in [0.717, 1.165) is 44.0 Å². The van der Waals surface area contributed by atoms with Crippen molar-refractivity contribution in [2.45, 2.75) is 19.4 Å². The summed E-state index contributed by atoms with van der Waals surface area (Å²) in [5.74, 6) is 1.34. The van der Waals surface area contributed by atoms with Gasteiger partial charge in [-0.2, -0.15) is 4.98 Å². The highest BCUT2D eigenvalue weighted by Gasteiger charge is 2.25. The Labute approximate surface area is 118 Å². The first kappa shape index (κ1) is 13.2. The molecule has 1 aliphatic rings. The van der Waals surface area contributed by atoms with Crippen LogP contribution in [0.15, 0.2) is 29.0 Å². The quantitative estimate of drug-likeness (QED) is 0.910. The van der Waals surface area contributed by atoms with Crippen molar-refractivity contribution in [1.29, 1.82) is 0 Å². The van der Waals surface area contributed by atoms with Crippen LogP contribution in [0.4, 0.5) is 0 Å². The van der Waals surface area contributed by atoms with Crippen molar-refractivity contribution in [1.82, 2.24) is 25.3 Å². The van der Waals surface area contributed by atoms with Crippen molar-refractivity contribution in [3.63, 3.8) is 0 Å². The van der Waals surface area contributed by atoms with Gasteiger partial charge in [0.1, 0.15) is 0 Å². The van der Waals surface area contributed by atoms with Gasteiger partial charge in [0.25, 0.3) is 5.89 Å². The zero-order valence-electron chi connectivity index (χ0n) is 11.6. The van der Waals surface area contributed by atoms with Gasteiger partial charge in [-0.3, -0.25) is 9.88 Å². The van der Waals surface area contributed by atoms with Crippen LogP contribution in [0.3, 0.4) is 0 Å². The summed E-state index contributed by atoms with van der Waals surface area (Å²) in [6.07, 6.45) is 4.44. The van der Waals surface area contributed by atoms with E-state index in [2.05, 4.69) is 32.3 Å². The highest BCUT2D eigenvalue weighted by molar-refractivity contribution is 5.51. The van der Waals surface area contributed by atoms with Gasteiger partial charge in [0.15, 0.2) is 5.82 Å². The molecule has 2 aromatic rings. The third-order valence-corrected chi connectivity index (χ3v) is 3.65. The molecule has 1 aliphatic heterocycles. The van der Waals surface area contributed by atoms with E-state index in [1.165, 1.54) is 0 Å². The fourth-order valence-electron chi connectivity index (χ4n) is 2.58. The normalized spacial score (nSPS) is 18.1. The molecule has 2 aromatic heterocycles. The second kappa shape index (κ2) is 6.11. The molecule has 0 aromatic carbocycles. The Bertz CT molecular complexity index is 536. The lowest BCUT2D eigenvalue weighted by atomic mass is 10.1. The van der Waals surface area contributed by atoms with E-state index in [1.54, 1.807) is 12.4 Å². The molecule has 0 amide bonds. The lowest BCUT2D eigenvalue weighted by molar-refractivity contribution is 0.160. The third kappa shape index (κ3) is 2.71. The van der Waals surface area contributed by atoms with Crippen LogP contribution in [0.5, 0.6) is 0 Å². The predicted octanol–water partition coefficient (Wildman–Crippen LogP) is 1.49. The molecule has 1 atom stereocenters. The highest BCUT2D eigenvalue weighted by Crippen LogP contribution is 2.24. The highest BCUT2D eigenvalue weighted by atomic mass is 16.5. The van der Waals surface area contributed by atoms with Crippen molar-refractivity contribution >= 4 is 0 Å². The predicted molar refractivity (Wildman–Crippen MR) is 75.0 cm³/mol. The molecule has 0 radical (unpaired) electrons. The average molecular weight is 273 g/mol. The molecule has 0 bridgehead atoms. The minimum absolute atomic E-state index is 0.233. The summed E-state index contributed by atoms with van der Waals surface area (Å²) >= 11 is 0. The molecular formula is C14H19N5O. The topological polar surface area (TPSA) is 67.1 Å². The van der Waals surface area contributed by atoms with Crippen molar-refractivity contribution < 1.29 is 4.52 Å². The molecular weight excluding hydrogens is 254 g/mol. The Morgan fingerprint density at radius 1 is 1.30 bits per heavy atom. The van der Waals surface area contributed by atoms with Gasteiger partial charge in [0.05, 0.1) is 6.04 Å². The molecule has 1 unspecified atom stereocenters. The Balaban J connectivity index is 1.80. The van der Waals surface area contributed by atoms with Crippen molar-refractivity contribution in [2.75, 3.05) is 26.2 Å². The summed E-state index contributed by atoms with van der Waals surface area (Å²) in [7, 11) is 0. The molecule has 0 spiro atoms. The van der Waals surface area contributed by atoms with Gasteiger partial charge in [0, 0.05) is 44.1 Å². The number of nitrogens with zero attached hydrogens (tertiary/aromatic N) is 4. The summed E-state index contributed by atoms with van der Waals surface area (Å²) in [5, 5.41) is 7.53. The number of aromatic nitrogens is 3. The van der Waals surface area contributed by atoms with Crippen LogP contribution in [0.1, 0.15) is 25.2 Å². The summed E-state index contributed by atoms with van der Waals surface area (Å²) in [4.78, 5) is 11.0. The lowest BCUT2D eigenvalue weighted by Gasteiger charge is -2.32. The average Bonchev–Trinajstić information content (AvgIpc) is 3.00. The summed E-state index contributed by atoms with van der Waals surface area (Å²) in [6.45, 7) is 6.25. The van der Waals surface area contributed by atoms with Crippen LogP contribution in [-0.2, 0) is 0 Å². The Kier molecular flexibility index (Phi) is 4.03. The fraction of sp³-hybridized carbons (Fsp3) is 0.500. The molecule has 0 aliphatic carbocycles. The number of hydrogen-bond acceptors (Lipinski definition) is 6. The molecule has 3 rings (SSSR count). The minimum Gasteiger partial charge on any atom is -0.334 e. The van der Waals surface area contributed by atoms with E-state index in [1.807, 2.05) is 12.1 Å².